The number of nitrogens with one attached hydrogen (secondary N) is 1. The molecule has 0 spiro atoms. The van der Waals surface area contributed by atoms with Crippen LogP contribution < -0.4 is 10.1 Å². The summed E-state index contributed by atoms with van der Waals surface area (Å²) in [6, 6.07) is 21.1. The molecule has 0 fully saturated rings. The molecule has 4 rings (SSSR count). The topological polar surface area (TPSA) is 93.1 Å². The van der Waals surface area contributed by atoms with Crippen LogP contribution in [0.2, 0.25) is 0 Å². The maximum absolute atomic E-state index is 12.8. The van der Waals surface area contributed by atoms with Crippen molar-refractivity contribution in [1.82, 2.24) is 15.1 Å². The molecule has 188 valence electrons. The van der Waals surface area contributed by atoms with Crippen molar-refractivity contribution in [2.24, 2.45) is 5.92 Å². The summed E-state index contributed by atoms with van der Waals surface area (Å²) in [6.07, 6.45) is 5.91. The number of rotatable bonds is 10. The highest BCUT2D eigenvalue weighted by atomic mass is 16.5. The average molecular weight is 495 g/mol. The molecule has 7 heteroatoms. The molecule has 0 aliphatic heterocycles. The van der Waals surface area contributed by atoms with E-state index in [1.54, 1.807) is 22.9 Å². The lowest BCUT2D eigenvalue weighted by Gasteiger charge is -2.11. The number of para-hydroxylation sites is 1. The fraction of sp³-hybridized carbons (Fsp3) is 0.233. The van der Waals surface area contributed by atoms with Gasteiger partial charge in [-0.25, -0.2) is 4.68 Å². The van der Waals surface area contributed by atoms with E-state index in [0.29, 0.717) is 29.5 Å². The Morgan fingerprint density at radius 2 is 2.00 bits per heavy atom. The summed E-state index contributed by atoms with van der Waals surface area (Å²) in [4.78, 5) is 12.8. The molecule has 2 aromatic heterocycles. The van der Waals surface area contributed by atoms with E-state index in [4.69, 9.17) is 14.3 Å². The smallest absolute Gasteiger partial charge is 0.262 e. The Morgan fingerprint density at radius 3 is 2.68 bits per heavy atom. The van der Waals surface area contributed by atoms with Gasteiger partial charge in [0.15, 0.2) is 0 Å². The molecule has 1 amide bonds. The fourth-order valence-corrected chi connectivity index (χ4v) is 3.77. The van der Waals surface area contributed by atoms with E-state index in [1.807, 2.05) is 67.7 Å². The zero-order valence-corrected chi connectivity index (χ0v) is 21.3. The van der Waals surface area contributed by atoms with E-state index in [2.05, 4.69) is 19.2 Å². The number of benzene rings is 2. The van der Waals surface area contributed by atoms with E-state index in [-0.39, 0.29) is 12.1 Å². The lowest BCUT2D eigenvalue weighted by Crippen LogP contribution is -2.23. The minimum absolute atomic E-state index is 0.0224. The lowest BCUT2D eigenvalue weighted by atomic mass is 10.0. The third-order valence-corrected chi connectivity index (χ3v) is 5.83. The highest BCUT2D eigenvalue weighted by Crippen LogP contribution is 2.30. The molecule has 0 aliphatic carbocycles. The molecule has 4 aromatic rings. The average Bonchev–Trinajstić information content (AvgIpc) is 3.57. The van der Waals surface area contributed by atoms with E-state index in [1.165, 1.54) is 6.26 Å². The van der Waals surface area contributed by atoms with Gasteiger partial charge in [-0.05, 0) is 73.4 Å². The number of furan rings is 1. The quantitative estimate of drug-likeness (QED) is 0.213. The molecular weight excluding hydrogens is 464 g/mol. The third kappa shape index (κ3) is 6.56. The first kappa shape index (κ1) is 25.5. The van der Waals surface area contributed by atoms with Gasteiger partial charge in [-0.3, -0.25) is 4.79 Å². The van der Waals surface area contributed by atoms with Crippen molar-refractivity contribution in [3.05, 3.63) is 95.6 Å². The number of amides is 1. The highest BCUT2D eigenvalue weighted by molar-refractivity contribution is 6.02. The van der Waals surface area contributed by atoms with E-state index >= 15 is 0 Å². The fourth-order valence-electron chi connectivity index (χ4n) is 3.77. The standard InChI is InChI=1S/C30H30N4O3/c1-21(2)13-15-37-28-12-11-23(16-22(28)3)29-25(20-34(33-29)26-8-5-4-6-9-26)17-24(18-31)30(35)32-19-27-10-7-14-36-27/h4-12,14,16-17,20-21H,13,15,19H2,1-3H3,(H,32,35)/b24-17-. The predicted molar refractivity (Wildman–Crippen MR) is 143 cm³/mol. The minimum atomic E-state index is -0.484. The van der Waals surface area contributed by atoms with Crippen molar-refractivity contribution in [3.63, 3.8) is 0 Å². The Kier molecular flexibility index (Phi) is 8.22. The van der Waals surface area contributed by atoms with Crippen LogP contribution >= 0.6 is 0 Å². The van der Waals surface area contributed by atoms with Crippen LogP contribution in [0.5, 0.6) is 5.75 Å². The minimum Gasteiger partial charge on any atom is -0.493 e. The monoisotopic (exact) mass is 494 g/mol. The summed E-state index contributed by atoms with van der Waals surface area (Å²) in [6.45, 7) is 7.20. The largest absolute Gasteiger partial charge is 0.493 e. The van der Waals surface area contributed by atoms with Crippen molar-refractivity contribution < 1.29 is 13.9 Å². The Labute approximate surface area is 217 Å². The van der Waals surface area contributed by atoms with Gasteiger partial charge in [-0.1, -0.05) is 32.0 Å². The first-order chi connectivity index (χ1) is 17.9. The Hall–Kier alpha value is -4.57. The van der Waals surface area contributed by atoms with Gasteiger partial charge in [-0.15, -0.1) is 0 Å². The number of hydrogen-bond acceptors (Lipinski definition) is 5. The molecule has 0 saturated heterocycles. The number of aryl methyl sites for hydroxylation is 1. The van der Waals surface area contributed by atoms with Crippen molar-refractivity contribution in [2.45, 2.75) is 33.7 Å². The molecule has 0 aliphatic rings. The zero-order valence-electron chi connectivity index (χ0n) is 21.3. The van der Waals surface area contributed by atoms with Crippen molar-refractivity contribution >= 4 is 12.0 Å². The summed E-state index contributed by atoms with van der Waals surface area (Å²) in [5, 5.41) is 17.3. The van der Waals surface area contributed by atoms with Crippen LogP contribution in [0.15, 0.2) is 83.1 Å². The molecule has 0 bridgehead atoms. The predicted octanol–water partition coefficient (Wildman–Crippen LogP) is 6.09. The van der Waals surface area contributed by atoms with Crippen molar-refractivity contribution in [1.29, 1.82) is 5.26 Å². The number of aromatic nitrogens is 2. The summed E-state index contributed by atoms with van der Waals surface area (Å²) < 4.78 is 13.0. The summed E-state index contributed by atoms with van der Waals surface area (Å²) in [5.74, 6) is 1.53. The Morgan fingerprint density at radius 1 is 1.19 bits per heavy atom. The zero-order chi connectivity index (χ0) is 26.2. The summed E-state index contributed by atoms with van der Waals surface area (Å²) in [5.41, 5.74) is 4.01. The van der Waals surface area contributed by atoms with Crippen LogP contribution in [-0.2, 0) is 11.3 Å². The SMILES string of the molecule is Cc1cc(-c2nn(-c3ccccc3)cc2/C=C(/C#N)C(=O)NCc2ccco2)ccc1OCCC(C)C. The van der Waals surface area contributed by atoms with Crippen LogP contribution in [0.25, 0.3) is 23.0 Å². The van der Waals surface area contributed by atoms with Gasteiger partial charge in [0.25, 0.3) is 5.91 Å². The lowest BCUT2D eigenvalue weighted by molar-refractivity contribution is -0.117. The second-order valence-corrected chi connectivity index (χ2v) is 9.16. The normalized spacial score (nSPS) is 11.4. The van der Waals surface area contributed by atoms with Gasteiger partial charge in [0.2, 0.25) is 0 Å². The molecule has 0 saturated carbocycles. The molecule has 2 aromatic carbocycles. The molecule has 1 N–H and O–H groups in total. The van der Waals surface area contributed by atoms with E-state index in [9.17, 15) is 10.1 Å². The van der Waals surface area contributed by atoms with Crippen LogP contribution in [0, 0.1) is 24.2 Å². The van der Waals surface area contributed by atoms with Crippen LogP contribution in [0.3, 0.4) is 0 Å². The van der Waals surface area contributed by atoms with Gasteiger partial charge in [0.05, 0.1) is 25.1 Å². The van der Waals surface area contributed by atoms with Crippen LogP contribution in [0.1, 0.15) is 37.2 Å². The Bertz CT molecular complexity index is 1410. The molecule has 7 nitrogen and oxygen atoms in total. The van der Waals surface area contributed by atoms with Gasteiger partial charge in [-0.2, -0.15) is 10.4 Å². The number of carbonyl (C=O) groups excluding carboxylic acids is 1. The number of hydrogen-bond donors (Lipinski definition) is 1. The van der Waals surface area contributed by atoms with E-state index < -0.39 is 5.91 Å². The highest BCUT2D eigenvalue weighted by Gasteiger charge is 2.16. The van der Waals surface area contributed by atoms with Crippen LogP contribution in [-0.4, -0.2) is 22.3 Å². The Balaban J connectivity index is 1.67. The maximum Gasteiger partial charge on any atom is 0.262 e. The molecule has 37 heavy (non-hydrogen) atoms. The number of carbonyl (C=O) groups is 1. The van der Waals surface area contributed by atoms with Gasteiger partial charge in [0, 0.05) is 17.3 Å². The summed E-state index contributed by atoms with van der Waals surface area (Å²) in [7, 11) is 0. The van der Waals surface area contributed by atoms with Gasteiger partial charge in [0.1, 0.15) is 28.8 Å². The van der Waals surface area contributed by atoms with Crippen molar-refractivity contribution in [2.75, 3.05) is 6.61 Å². The molecule has 0 radical (unpaired) electrons. The number of nitriles is 1. The molecule has 2 heterocycles. The maximum atomic E-state index is 12.8. The molecule has 0 atom stereocenters. The van der Waals surface area contributed by atoms with E-state index in [0.717, 1.165) is 29.0 Å². The number of nitrogens with zero attached hydrogens (tertiary/aromatic N) is 3. The first-order valence-corrected chi connectivity index (χ1v) is 12.3. The number of ether oxygens (including phenoxy) is 1. The first-order valence-electron chi connectivity index (χ1n) is 12.3. The van der Waals surface area contributed by atoms with Crippen LogP contribution in [0.4, 0.5) is 0 Å². The molecular formula is C30H30N4O3. The third-order valence-electron chi connectivity index (χ3n) is 5.83. The second-order valence-electron chi connectivity index (χ2n) is 9.16. The van der Waals surface area contributed by atoms with Gasteiger partial charge >= 0.3 is 0 Å². The van der Waals surface area contributed by atoms with Crippen molar-refractivity contribution in [3.8, 4) is 28.8 Å². The van der Waals surface area contributed by atoms with Gasteiger partial charge < -0.3 is 14.5 Å². The second kappa shape index (κ2) is 11.9. The molecule has 0 unspecified atom stereocenters. The summed E-state index contributed by atoms with van der Waals surface area (Å²) >= 11 is 0.